The van der Waals surface area contributed by atoms with Gasteiger partial charge in [-0.3, -0.25) is 0 Å². The predicted octanol–water partition coefficient (Wildman–Crippen LogP) is -0.0505. The smallest absolute Gasteiger partial charge is 0.327 e. The Morgan fingerprint density at radius 3 is 0.900 bits per heavy atom. The average Bonchev–Trinajstić information content (AvgIpc) is 1.14. The molecule has 0 bridgehead atoms. The van der Waals surface area contributed by atoms with Gasteiger partial charge in [0, 0.05) is 0 Å². The molecule has 0 saturated heterocycles. The van der Waals surface area contributed by atoms with Crippen molar-refractivity contribution >= 4 is 16.1 Å². The summed E-state index contributed by atoms with van der Waals surface area (Å²) in [4.78, 5) is 0. The van der Waals surface area contributed by atoms with Crippen molar-refractivity contribution in [3.05, 3.63) is 5.67 Å². The van der Waals surface area contributed by atoms with Crippen molar-refractivity contribution in [2.24, 2.45) is 0 Å². The van der Waals surface area contributed by atoms with E-state index in [9.17, 15) is 0 Å². The second-order valence-electron chi connectivity index (χ2n) is 4.88. The fraction of sp³-hybridized carbons (Fsp3) is 0.857. The van der Waals surface area contributed by atoms with Crippen LogP contribution in [0, 0.1) is 5.67 Å². The Bertz CT molecular complexity index is 76.8. The molecule has 0 saturated carbocycles. The zero-order chi connectivity index (χ0) is 7.71. The number of hydrogen-bond donors (Lipinski definition) is 0. The molecule has 10 heavy (non-hydrogen) atoms. The Morgan fingerprint density at radius 2 is 0.900 bits per heavy atom. The molecule has 0 atom stereocenters. The van der Waals surface area contributed by atoms with Crippen LogP contribution in [0.25, 0.3) is 0 Å². The summed E-state index contributed by atoms with van der Waals surface area (Å²) in [6, 6.07) is 0. The van der Waals surface area contributed by atoms with Crippen LogP contribution < -0.4 is 29.6 Å². The van der Waals surface area contributed by atoms with Crippen molar-refractivity contribution in [1.82, 2.24) is 0 Å². The van der Waals surface area contributed by atoms with Crippen LogP contribution in [-0.2, 0) is 0 Å². The van der Waals surface area contributed by atoms with Gasteiger partial charge in [-0.1, -0.05) is 39.3 Å². The van der Waals surface area contributed by atoms with Gasteiger partial charge in [0.15, 0.2) is 0 Å². The maximum atomic E-state index is 2.65. The molecule has 0 aromatic rings. The van der Waals surface area contributed by atoms with E-state index in [-0.39, 0.29) is 29.6 Å². The minimum absolute atomic E-state index is 0. The summed E-state index contributed by atoms with van der Waals surface area (Å²) in [7, 11) is -1.71. The first-order valence-corrected chi connectivity index (χ1v) is 10.7. The van der Waals surface area contributed by atoms with Gasteiger partial charge in [-0.2, -0.15) is 0 Å². The van der Waals surface area contributed by atoms with Crippen molar-refractivity contribution in [2.45, 2.75) is 39.3 Å². The molecule has 0 radical (unpaired) electrons. The molecule has 56 valence electrons. The maximum absolute atomic E-state index is 2.65. The van der Waals surface area contributed by atoms with Gasteiger partial charge in [-0.05, 0) is 0 Å². The summed E-state index contributed by atoms with van der Waals surface area (Å²) < 4.78 is 0. The SMILES string of the molecule is C[Si](C)(C)[CH-][Si](C)(C)C.[Na+]. The van der Waals surface area contributed by atoms with E-state index in [0.717, 1.165) is 0 Å². The van der Waals surface area contributed by atoms with E-state index in [0.29, 0.717) is 0 Å². The fourth-order valence-electron chi connectivity index (χ4n) is 1.30. The Kier molecular flexibility index (Phi) is 6.23. The van der Waals surface area contributed by atoms with Gasteiger partial charge in [0.05, 0.1) is 0 Å². The summed E-state index contributed by atoms with van der Waals surface area (Å²) in [5.41, 5.74) is 2.65. The summed E-state index contributed by atoms with van der Waals surface area (Å²) in [6.07, 6.45) is 0. The van der Waals surface area contributed by atoms with E-state index in [1.54, 1.807) is 0 Å². The standard InChI is InChI=1S/C7H19Si2.Na/c1-8(2,3)7-9(4,5)6;/h7H,1-6H3;/q-1;+1. The quantitative estimate of drug-likeness (QED) is 0.415. The normalized spacial score (nSPS) is 12.6. The zero-order valence-corrected chi connectivity index (χ0v) is 12.6. The topological polar surface area (TPSA) is 0 Å². The van der Waals surface area contributed by atoms with Gasteiger partial charge >= 0.3 is 29.6 Å². The zero-order valence-electron chi connectivity index (χ0n) is 8.58. The molecular weight excluding hydrogens is 163 g/mol. The van der Waals surface area contributed by atoms with E-state index in [2.05, 4.69) is 44.9 Å². The molecule has 0 aliphatic carbocycles. The van der Waals surface area contributed by atoms with E-state index in [1.165, 1.54) is 0 Å². The van der Waals surface area contributed by atoms with Crippen molar-refractivity contribution in [3.63, 3.8) is 0 Å². The molecule has 0 aromatic carbocycles. The monoisotopic (exact) mass is 182 g/mol. The van der Waals surface area contributed by atoms with Crippen LogP contribution in [-0.4, -0.2) is 16.1 Å². The number of hydrogen-bond acceptors (Lipinski definition) is 0. The van der Waals surface area contributed by atoms with Crippen LogP contribution >= 0.6 is 0 Å². The molecule has 0 aliphatic heterocycles. The third-order valence-corrected chi connectivity index (χ3v) is 7.79. The van der Waals surface area contributed by atoms with Crippen LogP contribution in [0.3, 0.4) is 0 Å². The Morgan fingerprint density at radius 1 is 0.700 bits per heavy atom. The number of rotatable bonds is 2. The molecule has 0 spiro atoms. The van der Waals surface area contributed by atoms with Gasteiger partial charge in [-0.25, -0.2) is 0 Å². The van der Waals surface area contributed by atoms with Gasteiger partial charge in [0.1, 0.15) is 0 Å². The van der Waals surface area contributed by atoms with Gasteiger partial charge in [0.25, 0.3) is 0 Å². The largest absolute Gasteiger partial charge is 1.00 e. The third kappa shape index (κ3) is 12.1. The molecule has 0 nitrogen and oxygen atoms in total. The minimum Gasteiger partial charge on any atom is -0.327 e. The fourth-order valence-corrected chi connectivity index (χ4v) is 11.7. The van der Waals surface area contributed by atoms with Crippen molar-refractivity contribution in [3.8, 4) is 0 Å². The molecule has 0 fully saturated rings. The second-order valence-corrected chi connectivity index (χ2v) is 15.5. The Hall–Kier alpha value is 1.43. The first-order valence-electron chi connectivity index (χ1n) is 3.58. The minimum atomic E-state index is -0.856. The molecule has 0 heterocycles. The molecule has 3 heteroatoms. The molecule has 0 N–H and O–H groups in total. The van der Waals surface area contributed by atoms with Crippen LogP contribution in [0.1, 0.15) is 0 Å². The van der Waals surface area contributed by atoms with Crippen LogP contribution in [0.5, 0.6) is 0 Å². The van der Waals surface area contributed by atoms with Gasteiger partial charge < -0.3 is 5.67 Å². The van der Waals surface area contributed by atoms with Crippen molar-refractivity contribution < 1.29 is 29.6 Å². The van der Waals surface area contributed by atoms with Crippen LogP contribution in [0.4, 0.5) is 0 Å². The van der Waals surface area contributed by atoms with Crippen molar-refractivity contribution in [2.75, 3.05) is 0 Å². The van der Waals surface area contributed by atoms with E-state index < -0.39 is 16.1 Å². The first kappa shape index (κ1) is 14.0. The Balaban J connectivity index is 0. The maximum Gasteiger partial charge on any atom is 1.00 e. The Labute approximate surface area is 90.1 Å². The summed E-state index contributed by atoms with van der Waals surface area (Å²) >= 11 is 0. The van der Waals surface area contributed by atoms with Gasteiger partial charge in [-0.15, -0.1) is 16.1 Å². The summed E-state index contributed by atoms with van der Waals surface area (Å²) in [5.74, 6) is 0. The predicted molar refractivity (Wildman–Crippen MR) is 51.0 cm³/mol. The summed E-state index contributed by atoms with van der Waals surface area (Å²) in [5, 5.41) is 0. The molecular formula is C7H19NaSi2. The molecule has 0 unspecified atom stereocenters. The molecule has 0 aliphatic rings. The summed E-state index contributed by atoms with van der Waals surface area (Å²) in [6.45, 7) is 14.4. The van der Waals surface area contributed by atoms with E-state index >= 15 is 0 Å². The first-order chi connectivity index (χ1) is 3.71. The third-order valence-electron chi connectivity index (χ3n) is 0.866. The average molecular weight is 182 g/mol. The molecule has 0 amide bonds. The van der Waals surface area contributed by atoms with Gasteiger partial charge in [0.2, 0.25) is 0 Å². The molecule has 0 rings (SSSR count). The van der Waals surface area contributed by atoms with E-state index in [4.69, 9.17) is 0 Å². The van der Waals surface area contributed by atoms with Crippen LogP contribution in [0.15, 0.2) is 0 Å². The van der Waals surface area contributed by atoms with Crippen molar-refractivity contribution in [1.29, 1.82) is 0 Å². The van der Waals surface area contributed by atoms with E-state index in [1.807, 2.05) is 0 Å². The van der Waals surface area contributed by atoms with Crippen LogP contribution in [0.2, 0.25) is 39.3 Å². The molecule has 0 aromatic heterocycles. The second kappa shape index (κ2) is 4.46.